The molecule has 4 rings (SSSR count). The zero-order chi connectivity index (χ0) is 18.3. The summed E-state index contributed by atoms with van der Waals surface area (Å²) in [5.41, 5.74) is 5.24. The molecule has 130 valence electrons. The second kappa shape index (κ2) is 6.46. The van der Waals surface area contributed by atoms with Crippen LogP contribution in [0.15, 0.2) is 60.8 Å². The molecule has 1 aliphatic rings. The van der Waals surface area contributed by atoms with Crippen molar-refractivity contribution < 1.29 is 4.79 Å². The van der Waals surface area contributed by atoms with Crippen LogP contribution in [0.5, 0.6) is 0 Å². The topological polar surface area (TPSA) is 45.2 Å². The van der Waals surface area contributed by atoms with Gasteiger partial charge in [-0.25, -0.2) is 0 Å². The van der Waals surface area contributed by atoms with Crippen molar-refractivity contribution in [1.82, 2.24) is 4.98 Å². The van der Waals surface area contributed by atoms with Gasteiger partial charge in [0.1, 0.15) is 0 Å². The molecule has 3 aromatic rings. The molecule has 1 amide bonds. The molecule has 0 bridgehead atoms. The maximum Gasteiger partial charge on any atom is 0.262 e. The fraction of sp³-hybridized carbons (Fsp3) is 0.143. The monoisotopic (exact) mass is 363 g/mol. The number of pyridine rings is 1. The summed E-state index contributed by atoms with van der Waals surface area (Å²) in [4.78, 5) is 19.3. The van der Waals surface area contributed by atoms with Crippen LogP contribution in [0.25, 0.3) is 0 Å². The average molecular weight is 364 g/mol. The van der Waals surface area contributed by atoms with E-state index >= 15 is 0 Å². The summed E-state index contributed by atoms with van der Waals surface area (Å²) in [6, 6.07) is 17.2. The molecule has 0 spiro atoms. The van der Waals surface area contributed by atoms with Crippen LogP contribution in [-0.4, -0.2) is 10.9 Å². The Labute approximate surface area is 157 Å². The highest BCUT2D eigenvalue weighted by Gasteiger charge is 2.39. The number of aromatic nitrogens is 1. The Kier molecular flexibility index (Phi) is 4.13. The van der Waals surface area contributed by atoms with Crippen LogP contribution in [0.3, 0.4) is 0 Å². The number of rotatable bonds is 3. The van der Waals surface area contributed by atoms with E-state index in [1.54, 1.807) is 17.2 Å². The van der Waals surface area contributed by atoms with E-state index < -0.39 is 6.17 Å². The predicted molar refractivity (Wildman–Crippen MR) is 105 cm³/mol. The number of nitrogens with one attached hydrogen (secondary N) is 1. The molecule has 0 unspecified atom stereocenters. The van der Waals surface area contributed by atoms with Crippen molar-refractivity contribution in [2.24, 2.45) is 0 Å². The summed E-state index contributed by atoms with van der Waals surface area (Å²) in [6.45, 7) is 4.03. The smallest absolute Gasteiger partial charge is 0.262 e. The molecule has 0 radical (unpaired) electrons. The van der Waals surface area contributed by atoms with Gasteiger partial charge in [-0.2, -0.15) is 0 Å². The highest BCUT2D eigenvalue weighted by Crippen LogP contribution is 2.37. The molecule has 26 heavy (non-hydrogen) atoms. The standard InChI is InChI=1S/C21H18ClN3O/c1-13-5-9-16(10-6-13)25-20(19-17(21(25)26)4-3-11-23-19)24-18-12-15(22)8-7-14(18)2/h3-12,20,24H,1-2H3/t20-/m0/s1. The quantitative estimate of drug-likeness (QED) is 0.702. The van der Waals surface area contributed by atoms with Crippen molar-refractivity contribution >= 4 is 28.9 Å². The highest BCUT2D eigenvalue weighted by atomic mass is 35.5. The number of carbonyl (C=O) groups excluding carboxylic acids is 1. The number of halogens is 1. The molecule has 1 N–H and O–H groups in total. The van der Waals surface area contributed by atoms with Crippen molar-refractivity contribution in [1.29, 1.82) is 0 Å². The van der Waals surface area contributed by atoms with Crippen molar-refractivity contribution in [3.8, 4) is 0 Å². The van der Waals surface area contributed by atoms with Gasteiger partial charge in [0, 0.05) is 22.6 Å². The van der Waals surface area contributed by atoms with Gasteiger partial charge >= 0.3 is 0 Å². The number of hydrogen-bond acceptors (Lipinski definition) is 3. The summed E-state index contributed by atoms with van der Waals surface area (Å²) in [5, 5.41) is 4.10. The first-order valence-electron chi connectivity index (χ1n) is 8.42. The third kappa shape index (κ3) is 2.82. The number of aryl methyl sites for hydroxylation is 2. The average Bonchev–Trinajstić information content (AvgIpc) is 2.92. The van der Waals surface area contributed by atoms with E-state index in [1.165, 1.54) is 0 Å². The molecule has 2 aromatic carbocycles. The fourth-order valence-electron chi connectivity index (χ4n) is 3.19. The molecule has 1 atom stereocenters. The number of hydrogen-bond donors (Lipinski definition) is 1. The van der Waals surface area contributed by atoms with Crippen LogP contribution in [0.4, 0.5) is 11.4 Å². The Bertz CT molecular complexity index is 985. The molecule has 4 nitrogen and oxygen atoms in total. The second-order valence-corrected chi connectivity index (χ2v) is 6.89. The first-order chi connectivity index (χ1) is 12.5. The molecule has 2 heterocycles. The Hall–Kier alpha value is -2.85. The summed E-state index contributed by atoms with van der Waals surface area (Å²) in [7, 11) is 0. The summed E-state index contributed by atoms with van der Waals surface area (Å²) >= 11 is 6.17. The zero-order valence-electron chi connectivity index (χ0n) is 14.5. The lowest BCUT2D eigenvalue weighted by Gasteiger charge is -2.27. The molecule has 0 aliphatic carbocycles. The van der Waals surface area contributed by atoms with E-state index in [0.29, 0.717) is 10.6 Å². The molecular weight excluding hydrogens is 346 g/mol. The van der Waals surface area contributed by atoms with Gasteiger partial charge in [-0.3, -0.25) is 14.7 Å². The second-order valence-electron chi connectivity index (χ2n) is 6.45. The van der Waals surface area contributed by atoms with Crippen molar-refractivity contribution in [2.75, 3.05) is 10.2 Å². The third-order valence-electron chi connectivity index (χ3n) is 4.61. The number of fused-ring (bicyclic) bond motifs is 1. The van der Waals surface area contributed by atoms with Crippen molar-refractivity contribution in [3.05, 3.63) is 88.2 Å². The van der Waals surface area contributed by atoms with Gasteiger partial charge in [0.25, 0.3) is 5.91 Å². The number of anilines is 2. The number of nitrogens with zero attached hydrogens (tertiary/aromatic N) is 2. The lowest BCUT2D eigenvalue weighted by atomic mass is 10.1. The van der Waals surface area contributed by atoms with E-state index in [4.69, 9.17) is 11.6 Å². The maximum atomic E-state index is 13.1. The van der Waals surface area contributed by atoms with E-state index in [9.17, 15) is 4.79 Å². The van der Waals surface area contributed by atoms with E-state index in [0.717, 1.165) is 28.2 Å². The van der Waals surface area contributed by atoms with E-state index in [1.807, 2.05) is 62.4 Å². The van der Waals surface area contributed by atoms with Crippen LogP contribution < -0.4 is 10.2 Å². The van der Waals surface area contributed by atoms with Gasteiger partial charge in [0.05, 0.1) is 11.3 Å². The lowest BCUT2D eigenvalue weighted by Crippen LogP contribution is -2.32. The van der Waals surface area contributed by atoms with E-state index in [2.05, 4.69) is 10.3 Å². The predicted octanol–water partition coefficient (Wildman–Crippen LogP) is 5.12. The molecule has 5 heteroatoms. The number of amides is 1. The summed E-state index contributed by atoms with van der Waals surface area (Å²) < 4.78 is 0. The largest absolute Gasteiger partial charge is 0.360 e. The third-order valence-corrected chi connectivity index (χ3v) is 4.84. The number of carbonyl (C=O) groups is 1. The molecule has 1 aliphatic heterocycles. The fourth-order valence-corrected chi connectivity index (χ4v) is 3.36. The molecule has 0 saturated heterocycles. The van der Waals surface area contributed by atoms with Crippen LogP contribution >= 0.6 is 11.6 Å². The zero-order valence-corrected chi connectivity index (χ0v) is 15.3. The SMILES string of the molecule is Cc1ccc(N2C(=O)c3cccnc3[C@H]2Nc2cc(Cl)ccc2C)cc1. The Morgan fingerprint density at radius 3 is 2.62 bits per heavy atom. The Morgan fingerprint density at radius 2 is 1.85 bits per heavy atom. The molecular formula is C21H18ClN3O. The first-order valence-corrected chi connectivity index (χ1v) is 8.80. The van der Waals surface area contributed by atoms with Gasteiger partial charge < -0.3 is 5.32 Å². The van der Waals surface area contributed by atoms with Gasteiger partial charge in [0.15, 0.2) is 6.17 Å². The van der Waals surface area contributed by atoms with Crippen LogP contribution in [0.2, 0.25) is 5.02 Å². The Balaban J connectivity index is 1.80. The number of benzene rings is 2. The van der Waals surface area contributed by atoms with Crippen LogP contribution in [0, 0.1) is 13.8 Å². The minimum atomic E-state index is -0.390. The van der Waals surface area contributed by atoms with Gasteiger partial charge in [0.2, 0.25) is 0 Å². The lowest BCUT2D eigenvalue weighted by molar-refractivity contribution is 0.0993. The molecule has 0 saturated carbocycles. The maximum absolute atomic E-state index is 13.1. The normalized spacial score (nSPS) is 15.9. The van der Waals surface area contributed by atoms with E-state index in [-0.39, 0.29) is 5.91 Å². The van der Waals surface area contributed by atoms with Crippen molar-refractivity contribution in [2.45, 2.75) is 20.0 Å². The van der Waals surface area contributed by atoms with Crippen LogP contribution in [-0.2, 0) is 0 Å². The van der Waals surface area contributed by atoms with Crippen LogP contribution in [0.1, 0.15) is 33.3 Å². The van der Waals surface area contributed by atoms with Gasteiger partial charge in [-0.1, -0.05) is 35.4 Å². The molecule has 1 aromatic heterocycles. The van der Waals surface area contributed by atoms with Gasteiger partial charge in [-0.05, 0) is 55.8 Å². The summed E-state index contributed by atoms with van der Waals surface area (Å²) in [5.74, 6) is -0.0610. The summed E-state index contributed by atoms with van der Waals surface area (Å²) in [6.07, 6.45) is 1.32. The Morgan fingerprint density at radius 1 is 1.08 bits per heavy atom. The minimum absolute atomic E-state index is 0.0610. The minimum Gasteiger partial charge on any atom is -0.360 e. The molecule has 0 fully saturated rings. The van der Waals surface area contributed by atoms with Crippen molar-refractivity contribution in [3.63, 3.8) is 0 Å². The highest BCUT2D eigenvalue weighted by molar-refractivity contribution is 6.30. The van der Waals surface area contributed by atoms with Gasteiger partial charge in [-0.15, -0.1) is 0 Å². The first kappa shape index (κ1) is 16.6.